The van der Waals surface area contributed by atoms with Gasteiger partial charge in [0.25, 0.3) is 0 Å². The Balaban J connectivity index is 2.54. The Hall–Kier alpha value is -0.300. The second-order valence-electron chi connectivity index (χ2n) is 4.05. The van der Waals surface area contributed by atoms with Crippen molar-refractivity contribution in [2.45, 2.75) is 33.7 Å². The number of hydrogen-bond donors (Lipinski definition) is 1. The SMILES string of the molecule is CC(C)C1=CC(C(C)C)NC1. The fourth-order valence-corrected chi connectivity index (χ4v) is 1.41. The fraction of sp³-hybridized carbons (Fsp3) is 0.800. The third-order valence-electron chi connectivity index (χ3n) is 2.40. The quantitative estimate of drug-likeness (QED) is 0.600. The fourth-order valence-electron chi connectivity index (χ4n) is 1.41. The highest BCUT2D eigenvalue weighted by atomic mass is 14.9. The van der Waals surface area contributed by atoms with Gasteiger partial charge in [-0.2, -0.15) is 0 Å². The first-order chi connectivity index (χ1) is 5.11. The van der Waals surface area contributed by atoms with E-state index in [1.165, 1.54) is 0 Å². The monoisotopic (exact) mass is 153 g/mol. The summed E-state index contributed by atoms with van der Waals surface area (Å²) in [4.78, 5) is 0. The Morgan fingerprint density at radius 2 is 2.00 bits per heavy atom. The van der Waals surface area contributed by atoms with E-state index in [0.29, 0.717) is 12.0 Å². The van der Waals surface area contributed by atoms with Crippen LogP contribution in [0.4, 0.5) is 0 Å². The molecule has 1 nitrogen and oxygen atoms in total. The van der Waals surface area contributed by atoms with E-state index in [1.54, 1.807) is 5.57 Å². The van der Waals surface area contributed by atoms with Gasteiger partial charge in [-0.05, 0) is 11.8 Å². The first-order valence-electron chi connectivity index (χ1n) is 4.55. The van der Waals surface area contributed by atoms with E-state index in [1.807, 2.05) is 0 Å². The highest BCUT2D eigenvalue weighted by Crippen LogP contribution is 2.18. The van der Waals surface area contributed by atoms with Gasteiger partial charge in [-0.3, -0.25) is 0 Å². The average Bonchev–Trinajstić information content (AvgIpc) is 2.33. The van der Waals surface area contributed by atoms with Crippen LogP contribution in [0, 0.1) is 11.8 Å². The Morgan fingerprint density at radius 3 is 2.27 bits per heavy atom. The van der Waals surface area contributed by atoms with E-state index in [4.69, 9.17) is 0 Å². The summed E-state index contributed by atoms with van der Waals surface area (Å²) in [5.74, 6) is 1.44. The van der Waals surface area contributed by atoms with Gasteiger partial charge in [0.15, 0.2) is 0 Å². The molecule has 0 spiro atoms. The minimum absolute atomic E-state index is 0.618. The normalized spacial score (nSPS) is 24.9. The summed E-state index contributed by atoms with van der Waals surface area (Å²) in [6.07, 6.45) is 2.40. The van der Waals surface area contributed by atoms with Crippen molar-refractivity contribution in [2.75, 3.05) is 6.54 Å². The molecule has 1 unspecified atom stereocenters. The second-order valence-corrected chi connectivity index (χ2v) is 4.05. The molecule has 0 amide bonds. The van der Waals surface area contributed by atoms with Crippen LogP contribution in [0.1, 0.15) is 27.7 Å². The first kappa shape index (κ1) is 8.79. The summed E-state index contributed by atoms with van der Waals surface area (Å²) in [5.41, 5.74) is 1.57. The van der Waals surface area contributed by atoms with Gasteiger partial charge in [0, 0.05) is 12.6 Å². The molecule has 1 heterocycles. The van der Waals surface area contributed by atoms with Crippen molar-refractivity contribution in [2.24, 2.45) is 11.8 Å². The smallest absolute Gasteiger partial charge is 0.0279 e. The predicted molar refractivity (Wildman–Crippen MR) is 49.5 cm³/mol. The lowest BCUT2D eigenvalue weighted by Gasteiger charge is -2.11. The van der Waals surface area contributed by atoms with Gasteiger partial charge in [0.2, 0.25) is 0 Å². The zero-order valence-electron chi connectivity index (χ0n) is 8.02. The van der Waals surface area contributed by atoms with Gasteiger partial charge in [0.1, 0.15) is 0 Å². The molecule has 1 aliphatic heterocycles. The Bertz CT molecular complexity index is 156. The lowest BCUT2D eigenvalue weighted by molar-refractivity contribution is 0.502. The maximum atomic E-state index is 3.49. The first-order valence-corrected chi connectivity index (χ1v) is 4.55. The van der Waals surface area contributed by atoms with Crippen LogP contribution in [0.3, 0.4) is 0 Å². The van der Waals surface area contributed by atoms with Crippen LogP contribution in [-0.2, 0) is 0 Å². The molecule has 0 fully saturated rings. The maximum absolute atomic E-state index is 3.49. The molecular weight excluding hydrogens is 134 g/mol. The molecule has 0 aromatic carbocycles. The zero-order chi connectivity index (χ0) is 8.43. The van der Waals surface area contributed by atoms with Crippen molar-refractivity contribution in [3.05, 3.63) is 11.6 Å². The molecule has 0 aromatic heterocycles. The number of rotatable bonds is 2. The largest absolute Gasteiger partial charge is 0.307 e. The average molecular weight is 153 g/mol. The third-order valence-corrected chi connectivity index (χ3v) is 2.40. The molecule has 11 heavy (non-hydrogen) atoms. The molecule has 0 aliphatic carbocycles. The number of hydrogen-bond acceptors (Lipinski definition) is 1. The zero-order valence-corrected chi connectivity index (χ0v) is 8.02. The van der Waals surface area contributed by atoms with Crippen LogP contribution in [0.15, 0.2) is 11.6 Å². The molecule has 1 atom stereocenters. The van der Waals surface area contributed by atoms with E-state index >= 15 is 0 Å². The summed E-state index contributed by atoms with van der Waals surface area (Å²) in [7, 11) is 0. The van der Waals surface area contributed by atoms with E-state index < -0.39 is 0 Å². The maximum Gasteiger partial charge on any atom is 0.0279 e. The molecule has 1 N–H and O–H groups in total. The van der Waals surface area contributed by atoms with Crippen LogP contribution in [0.2, 0.25) is 0 Å². The number of nitrogens with one attached hydrogen (secondary N) is 1. The molecule has 0 saturated carbocycles. The molecule has 1 aliphatic rings. The van der Waals surface area contributed by atoms with Crippen molar-refractivity contribution < 1.29 is 0 Å². The van der Waals surface area contributed by atoms with Gasteiger partial charge < -0.3 is 5.32 Å². The molecule has 0 radical (unpaired) electrons. The molecule has 1 heteroatoms. The van der Waals surface area contributed by atoms with Crippen LogP contribution in [-0.4, -0.2) is 12.6 Å². The highest BCUT2D eigenvalue weighted by Gasteiger charge is 2.18. The Morgan fingerprint density at radius 1 is 1.36 bits per heavy atom. The van der Waals surface area contributed by atoms with Gasteiger partial charge in [-0.25, -0.2) is 0 Å². The molecular formula is C10H19N. The summed E-state index contributed by atoms with van der Waals surface area (Å²) in [6.45, 7) is 10.1. The molecule has 1 rings (SSSR count). The minimum Gasteiger partial charge on any atom is -0.307 e. The van der Waals surface area contributed by atoms with Crippen molar-refractivity contribution in [1.29, 1.82) is 0 Å². The lowest BCUT2D eigenvalue weighted by Crippen LogP contribution is -2.27. The second kappa shape index (κ2) is 3.40. The minimum atomic E-state index is 0.618. The van der Waals surface area contributed by atoms with Gasteiger partial charge in [0.05, 0.1) is 0 Å². The van der Waals surface area contributed by atoms with Crippen LogP contribution >= 0.6 is 0 Å². The summed E-state index contributed by atoms with van der Waals surface area (Å²) < 4.78 is 0. The van der Waals surface area contributed by atoms with E-state index in [0.717, 1.165) is 12.5 Å². The van der Waals surface area contributed by atoms with Gasteiger partial charge >= 0.3 is 0 Å². The van der Waals surface area contributed by atoms with E-state index in [-0.39, 0.29) is 0 Å². The highest BCUT2D eigenvalue weighted by molar-refractivity contribution is 5.17. The van der Waals surface area contributed by atoms with Crippen LogP contribution in [0.5, 0.6) is 0 Å². The van der Waals surface area contributed by atoms with E-state index in [2.05, 4.69) is 39.1 Å². The summed E-state index contributed by atoms with van der Waals surface area (Å²) >= 11 is 0. The standard InChI is InChI=1S/C10H19N/c1-7(2)9-5-10(8(3)4)11-6-9/h5,7-8,10-11H,6H2,1-4H3. The predicted octanol–water partition coefficient (Wildman–Crippen LogP) is 2.20. The molecule has 0 aromatic rings. The third kappa shape index (κ3) is 2.06. The van der Waals surface area contributed by atoms with Gasteiger partial charge in [-0.1, -0.05) is 39.3 Å². The Kier molecular flexibility index (Phi) is 2.72. The molecule has 64 valence electrons. The van der Waals surface area contributed by atoms with Crippen molar-refractivity contribution in [1.82, 2.24) is 5.32 Å². The summed E-state index contributed by atoms with van der Waals surface area (Å²) in [6, 6.07) is 0.618. The van der Waals surface area contributed by atoms with Crippen molar-refractivity contribution in [3.63, 3.8) is 0 Å². The Labute approximate surface area is 69.9 Å². The molecule has 0 bridgehead atoms. The van der Waals surface area contributed by atoms with E-state index in [9.17, 15) is 0 Å². The topological polar surface area (TPSA) is 12.0 Å². The van der Waals surface area contributed by atoms with Crippen LogP contribution in [0.25, 0.3) is 0 Å². The summed E-state index contributed by atoms with van der Waals surface area (Å²) in [5, 5.41) is 3.49. The van der Waals surface area contributed by atoms with Gasteiger partial charge in [-0.15, -0.1) is 0 Å². The van der Waals surface area contributed by atoms with Crippen LogP contribution < -0.4 is 5.32 Å². The van der Waals surface area contributed by atoms with Crippen molar-refractivity contribution in [3.8, 4) is 0 Å². The molecule has 0 saturated heterocycles. The lowest BCUT2D eigenvalue weighted by atomic mass is 10.0. The van der Waals surface area contributed by atoms with Crippen molar-refractivity contribution >= 4 is 0 Å².